The van der Waals surface area contributed by atoms with Gasteiger partial charge >= 0.3 is 0 Å². The maximum atomic E-state index is 12.5. The quantitative estimate of drug-likeness (QED) is 0.801. The molecule has 2 unspecified atom stereocenters. The van der Waals surface area contributed by atoms with Gasteiger partial charge in [0.1, 0.15) is 6.33 Å². The van der Waals surface area contributed by atoms with Gasteiger partial charge in [0, 0.05) is 18.1 Å². The fraction of sp³-hybridized carbons (Fsp3) is 0.786. The van der Waals surface area contributed by atoms with Crippen molar-refractivity contribution in [2.75, 3.05) is 5.75 Å². The van der Waals surface area contributed by atoms with Gasteiger partial charge in [-0.25, -0.2) is 0 Å². The minimum absolute atomic E-state index is 0.236. The molecule has 1 saturated heterocycles. The molecule has 1 aromatic rings. The molecule has 0 radical (unpaired) electrons. The second-order valence-corrected chi connectivity index (χ2v) is 6.91. The van der Waals surface area contributed by atoms with Crippen molar-refractivity contribution in [2.24, 2.45) is 0 Å². The molecule has 2 atom stereocenters. The fourth-order valence-corrected chi connectivity index (χ4v) is 3.90. The van der Waals surface area contributed by atoms with Crippen molar-refractivity contribution in [1.82, 2.24) is 19.7 Å². The Bertz CT molecular complexity index is 475. The van der Waals surface area contributed by atoms with Crippen LogP contribution in [0.3, 0.4) is 0 Å². The number of piperidine rings is 1. The second-order valence-electron chi connectivity index (χ2n) is 5.97. The molecule has 1 aliphatic heterocycles. The zero-order valence-corrected chi connectivity index (χ0v) is 13.0. The van der Waals surface area contributed by atoms with E-state index >= 15 is 0 Å². The number of nitrogens with zero attached hydrogens (tertiary/aromatic N) is 4. The average molecular weight is 294 g/mol. The SMILES string of the molecule is CC1CCCC(C)N1C(=O)CSc1nncn1C1CC1. The number of aromatic nitrogens is 3. The molecule has 0 spiro atoms. The Morgan fingerprint density at radius 3 is 2.65 bits per heavy atom. The van der Waals surface area contributed by atoms with E-state index in [-0.39, 0.29) is 5.91 Å². The molecule has 3 rings (SSSR count). The first-order valence-corrected chi connectivity index (χ1v) is 8.49. The number of amides is 1. The Balaban J connectivity index is 1.59. The van der Waals surface area contributed by atoms with E-state index in [4.69, 9.17) is 0 Å². The van der Waals surface area contributed by atoms with Crippen molar-refractivity contribution in [3.63, 3.8) is 0 Å². The predicted molar refractivity (Wildman–Crippen MR) is 78.6 cm³/mol. The molecular formula is C14H22N4OS. The molecule has 6 heteroatoms. The van der Waals surface area contributed by atoms with E-state index in [1.807, 2.05) is 0 Å². The topological polar surface area (TPSA) is 51.0 Å². The maximum absolute atomic E-state index is 12.5. The number of likely N-dealkylation sites (tertiary alicyclic amines) is 1. The highest BCUT2D eigenvalue weighted by Gasteiger charge is 2.30. The Labute approximate surface area is 124 Å². The van der Waals surface area contributed by atoms with Crippen LogP contribution in [0.4, 0.5) is 0 Å². The number of hydrogen-bond acceptors (Lipinski definition) is 4. The van der Waals surface area contributed by atoms with Gasteiger partial charge in [-0.15, -0.1) is 10.2 Å². The second kappa shape index (κ2) is 5.76. The summed E-state index contributed by atoms with van der Waals surface area (Å²) in [6.07, 6.45) is 7.68. The molecule has 20 heavy (non-hydrogen) atoms. The summed E-state index contributed by atoms with van der Waals surface area (Å²) < 4.78 is 2.11. The van der Waals surface area contributed by atoms with E-state index in [9.17, 15) is 4.79 Å². The highest BCUT2D eigenvalue weighted by Crippen LogP contribution is 2.37. The van der Waals surface area contributed by atoms with Crippen molar-refractivity contribution in [2.45, 2.75) is 69.2 Å². The molecule has 1 aliphatic carbocycles. The average Bonchev–Trinajstić information content (AvgIpc) is 3.15. The maximum Gasteiger partial charge on any atom is 0.233 e. The lowest BCUT2D eigenvalue weighted by atomic mass is 9.98. The third-order valence-corrected chi connectivity index (χ3v) is 5.23. The lowest BCUT2D eigenvalue weighted by Gasteiger charge is -2.39. The van der Waals surface area contributed by atoms with Crippen LogP contribution in [0.15, 0.2) is 11.5 Å². The minimum Gasteiger partial charge on any atom is -0.337 e. The Kier molecular flexibility index (Phi) is 4.01. The normalized spacial score (nSPS) is 26.8. The van der Waals surface area contributed by atoms with Crippen LogP contribution in [0.1, 0.15) is 52.0 Å². The van der Waals surface area contributed by atoms with Gasteiger partial charge in [0.25, 0.3) is 0 Å². The molecule has 2 heterocycles. The number of carbonyl (C=O) groups is 1. The summed E-state index contributed by atoms with van der Waals surface area (Å²) in [5.41, 5.74) is 0. The first kappa shape index (κ1) is 13.9. The standard InChI is InChI=1S/C14H22N4OS/c1-10-4-3-5-11(2)18(10)13(19)8-20-14-16-15-9-17(14)12-6-7-12/h9-12H,3-8H2,1-2H3. The highest BCUT2D eigenvalue weighted by molar-refractivity contribution is 7.99. The molecule has 1 saturated carbocycles. The predicted octanol–water partition coefficient (Wildman–Crippen LogP) is 2.49. The van der Waals surface area contributed by atoms with Gasteiger partial charge in [-0.05, 0) is 46.0 Å². The van der Waals surface area contributed by atoms with Crippen LogP contribution in [-0.4, -0.2) is 43.4 Å². The molecular weight excluding hydrogens is 272 g/mol. The van der Waals surface area contributed by atoms with Gasteiger partial charge in [0.05, 0.1) is 5.75 Å². The highest BCUT2D eigenvalue weighted by atomic mass is 32.2. The summed E-state index contributed by atoms with van der Waals surface area (Å²) in [7, 11) is 0. The van der Waals surface area contributed by atoms with E-state index in [0.717, 1.165) is 18.0 Å². The number of rotatable bonds is 4. The molecule has 2 aliphatic rings. The van der Waals surface area contributed by atoms with Gasteiger partial charge in [-0.2, -0.15) is 0 Å². The first-order valence-electron chi connectivity index (χ1n) is 7.50. The Morgan fingerprint density at radius 2 is 2.00 bits per heavy atom. The largest absolute Gasteiger partial charge is 0.337 e. The molecule has 2 fully saturated rings. The first-order chi connectivity index (χ1) is 9.66. The van der Waals surface area contributed by atoms with Gasteiger partial charge < -0.3 is 9.47 Å². The molecule has 1 amide bonds. The smallest absolute Gasteiger partial charge is 0.233 e. The number of hydrogen-bond donors (Lipinski definition) is 0. The fourth-order valence-electron chi connectivity index (χ4n) is 3.05. The van der Waals surface area contributed by atoms with Crippen LogP contribution in [-0.2, 0) is 4.79 Å². The number of carbonyl (C=O) groups excluding carboxylic acids is 1. The summed E-state index contributed by atoms with van der Waals surface area (Å²) in [5.74, 6) is 0.708. The van der Waals surface area contributed by atoms with Gasteiger partial charge in [-0.3, -0.25) is 4.79 Å². The number of thioether (sulfide) groups is 1. The monoisotopic (exact) mass is 294 g/mol. The lowest BCUT2D eigenvalue weighted by molar-refractivity contribution is -0.134. The van der Waals surface area contributed by atoms with Crippen LogP contribution < -0.4 is 0 Å². The third kappa shape index (κ3) is 2.85. The van der Waals surface area contributed by atoms with E-state index in [0.29, 0.717) is 23.9 Å². The molecule has 0 aromatic carbocycles. The van der Waals surface area contributed by atoms with Crippen molar-refractivity contribution in [3.8, 4) is 0 Å². The van der Waals surface area contributed by atoms with Crippen LogP contribution >= 0.6 is 11.8 Å². The van der Waals surface area contributed by atoms with Crippen LogP contribution in [0.25, 0.3) is 0 Å². The van der Waals surface area contributed by atoms with E-state index in [1.165, 1.54) is 31.0 Å². The third-order valence-electron chi connectivity index (χ3n) is 4.29. The zero-order valence-electron chi connectivity index (χ0n) is 12.2. The van der Waals surface area contributed by atoms with Crippen molar-refractivity contribution in [3.05, 3.63) is 6.33 Å². The van der Waals surface area contributed by atoms with Gasteiger partial charge in [-0.1, -0.05) is 11.8 Å². The van der Waals surface area contributed by atoms with Crippen molar-refractivity contribution < 1.29 is 4.79 Å². The van der Waals surface area contributed by atoms with E-state index < -0.39 is 0 Å². The molecule has 0 N–H and O–H groups in total. The summed E-state index contributed by atoms with van der Waals surface area (Å²) in [4.78, 5) is 14.5. The molecule has 5 nitrogen and oxygen atoms in total. The summed E-state index contributed by atoms with van der Waals surface area (Å²) in [5, 5.41) is 9.00. The van der Waals surface area contributed by atoms with Crippen LogP contribution in [0, 0.1) is 0 Å². The van der Waals surface area contributed by atoms with Gasteiger partial charge in [0.2, 0.25) is 5.91 Å². The zero-order chi connectivity index (χ0) is 14.1. The lowest BCUT2D eigenvalue weighted by Crippen LogP contribution is -2.48. The summed E-state index contributed by atoms with van der Waals surface area (Å²) in [6.45, 7) is 4.32. The van der Waals surface area contributed by atoms with Crippen molar-refractivity contribution in [1.29, 1.82) is 0 Å². The van der Waals surface area contributed by atoms with Crippen molar-refractivity contribution >= 4 is 17.7 Å². The molecule has 1 aromatic heterocycles. The Hall–Kier alpha value is -1.04. The molecule has 110 valence electrons. The van der Waals surface area contributed by atoms with Crippen LogP contribution in [0.5, 0.6) is 0 Å². The van der Waals surface area contributed by atoms with Crippen LogP contribution in [0.2, 0.25) is 0 Å². The van der Waals surface area contributed by atoms with Gasteiger partial charge in [0.15, 0.2) is 5.16 Å². The summed E-state index contributed by atoms with van der Waals surface area (Å²) >= 11 is 1.53. The minimum atomic E-state index is 0.236. The Morgan fingerprint density at radius 1 is 1.30 bits per heavy atom. The van der Waals surface area contributed by atoms with E-state index in [1.54, 1.807) is 6.33 Å². The molecule has 0 bridgehead atoms. The van der Waals surface area contributed by atoms with E-state index in [2.05, 4.69) is 33.5 Å². The summed E-state index contributed by atoms with van der Waals surface area (Å²) in [6, 6.07) is 1.30.